The van der Waals surface area contributed by atoms with Crippen LogP contribution in [-0.4, -0.2) is 60.5 Å². The third-order valence-electron chi connectivity index (χ3n) is 5.19. The van der Waals surface area contributed by atoms with Gasteiger partial charge in [0, 0.05) is 51.4 Å². The van der Waals surface area contributed by atoms with Gasteiger partial charge in [-0.2, -0.15) is 0 Å². The van der Waals surface area contributed by atoms with E-state index >= 15 is 0 Å². The second kappa shape index (κ2) is 11.4. The smallest absolute Gasteiger partial charge is 0.222 e. The van der Waals surface area contributed by atoms with E-state index in [4.69, 9.17) is 4.99 Å². The van der Waals surface area contributed by atoms with E-state index in [1.807, 2.05) is 18.0 Å². The molecule has 0 radical (unpaired) electrons. The minimum Gasteiger partial charge on any atom is -0.357 e. The van der Waals surface area contributed by atoms with Gasteiger partial charge in [-0.1, -0.05) is 13.0 Å². The Morgan fingerprint density at radius 2 is 2.04 bits per heavy atom. The Morgan fingerprint density at radius 3 is 2.68 bits per heavy atom. The van der Waals surface area contributed by atoms with Gasteiger partial charge in [-0.3, -0.25) is 4.79 Å². The lowest BCUT2D eigenvalue weighted by atomic mass is 10.2. The van der Waals surface area contributed by atoms with Crippen molar-refractivity contribution in [3.8, 4) is 0 Å². The Bertz CT molecular complexity index is 645. The number of pyridine rings is 1. The lowest BCUT2D eigenvalue weighted by molar-refractivity contribution is -0.129. The van der Waals surface area contributed by atoms with Crippen molar-refractivity contribution in [3.63, 3.8) is 0 Å². The zero-order valence-electron chi connectivity index (χ0n) is 17.0. The van der Waals surface area contributed by atoms with Crippen LogP contribution in [0.25, 0.3) is 0 Å². The molecular formula is C20H33IN6O. The second-order valence-corrected chi connectivity index (χ2v) is 7.24. The third-order valence-corrected chi connectivity index (χ3v) is 5.19. The van der Waals surface area contributed by atoms with Crippen molar-refractivity contribution in [1.82, 2.24) is 20.5 Å². The Balaban J connectivity index is 0.00000280. The quantitative estimate of drug-likeness (QED) is 0.357. The third kappa shape index (κ3) is 6.22. The highest BCUT2D eigenvalue weighted by Crippen LogP contribution is 2.17. The van der Waals surface area contributed by atoms with E-state index in [9.17, 15) is 4.79 Å². The molecule has 1 amide bonds. The van der Waals surface area contributed by atoms with E-state index in [2.05, 4.69) is 39.6 Å². The summed E-state index contributed by atoms with van der Waals surface area (Å²) in [5.41, 5.74) is 1.10. The second-order valence-electron chi connectivity index (χ2n) is 7.24. The molecule has 3 rings (SSSR count). The fraction of sp³-hybridized carbons (Fsp3) is 0.650. The first-order chi connectivity index (χ1) is 13.2. The summed E-state index contributed by atoms with van der Waals surface area (Å²) in [6, 6.07) is 4.47. The molecule has 3 heterocycles. The highest BCUT2D eigenvalue weighted by molar-refractivity contribution is 14.0. The van der Waals surface area contributed by atoms with Crippen LogP contribution in [0.1, 0.15) is 45.1 Å². The van der Waals surface area contributed by atoms with Crippen molar-refractivity contribution >= 4 is 41.7 Å². The molecule has 0 aromatic carbocycles. The standard InChI is InChI=1S/C20H32N6O.HI/c1-3-19(27)26-12-9-17(15-26)24-20(21-4-2)23-14-16-7-8-18(22-13-16)25-10-5-6-11-25;/h7-8,13,17H,3-6,9-12,14-15H2,1-2H3,(H2,21,23,24);1H. The zero-order valence-corrected chi connectivity index (χ0v) is 19.3. The van der Waals surface area contributed by atoms with Crippen molar-refractivity contribution < 1.29 is 4.79 Å². The molecule has 0 bridgehead atoms. The van der Waals surface area contributed by atoms with Gasteiger partial charge in [0.1, 0.15) is 5.82 Å². The molecule has 8 heteroatoms. The number of nitrogens with one attached hydrogen (secondary N) is 2. The fourth-order valence-electron chi connectivity index (χ4n) is 3.66. The Morgan fingerprint density at radius 1 is 1.25 bits per heavy atom. The number of carbonyl (C=O) groups is 1. The highest BCUT2D eigenvalue weighted by atomic mass is 127. The van der Waals surface area contributed by atoms with E-state index in [1.54, 1.807) is 0 Å². The Labute approximate surface area is 185 Å². The summed E-state index contributed by atoms with van der Waals surface area (Å²) in [7, 11) is 0. The average molecular weight is 500 g/mol. The lowest BCUT2D eigenvalue weighted by Gasteiger charge is -2.19. The minimum atomic E-state index is 0. The number of guanidine groups is 1. The van der Waals surface area contributed by atoms with Gasteiger partial charge in [-0.25, -0.2) is 9.98 Å². The van der Waals surface area contributed by atoms with Crippen LogP contribution in [-0.2, 0) is 11.3 Å². The van der Waals surface area contributed by atoms with Crippen LogP contribution in [0.2, 0.25) is 0 Å². The predicted molar refractivity (Wildman–Crippen MR) is 124 cm³/mol. The minimum absolute atomic E-state index is 0. The normalized spacial score (nSPS) is 19.5. The Kier molecular flexibility index (Phi) is 9.27. The number of aliphatic imine (C=N–C) groups is 1. The predicted octanol–water partition coefficient (Wildman–Crippen LogP) is 2.37. The number of anilines is 1. The van der Waals surface area contributed by atoms with E-state index in [0.717, 1.165) is 56.5 Å². The number of amides is 1. The first-order valence-electron chi connectivity index (χ1n) is 10.2. The van der Waals surface area contributed by atoms with Crippen LogP contribution in [0, 0.1) is 0 Å². The number of hydrogen-bond donors (Lipinski definition) is 2. The molecule has 1 aromatic heterocycles. The van der Waals surface area contributed by atoms with Crippen molar-refractivity contribution in [1.29, 1.82) is 0 Å². The fourth-order valence-corrected chi connectivity index (χ4v) is 3.66. The van der Waals surface area contributed by atoms with Crippen LogP contribution in [0.4, 0.5) is 5.82 Å². The molecule has 0 aliphatic carbocycles. The van der Waals surface area contributed by atoms with Crippen LogP contribution >= 0.6 is 24.0 Å². The highest BCUT2D eigenvalue weighted by Gasteiger charge is 2.25. The SMILES string of the molecule is CCNC(=NCc1ccc(N2CCCC2)nc1)NC1CCN(C(=O)CC)C1.I. The molecule has 2 fully saturated rings. The molecular weight excluding hydrogens is 467 g/mol. The van der Waals surface area contributed by atoms with Gasteiger partial charge in [0.2, 0.25) is 5.91 Å². The number of nitrogens with zero attached hydrogens (tertiary/aromatic N) is 4. The van der Waals surface area contributed by atoms with Gasteiger partial charge in [-0.15, -0.1) is 24.0 Å². The lowest BCUT2D eigenvalue weighted by Crippen LogP contribution is -2.45. The number of carbonyl (C=O) groups excluding carboxylic acids is 1. The topological polar surface area (TPSA) is 72.9 Å². The summed E-state index contributed by atoms with van der Waals surface area (Å²) >= 11 is 0. The van der Waals surface area contributed by atoms with E-state index in [1.165, 1.54) is 12.8 Å². The molecule has 156 valence electrons. The summed E-state index contributed by atoms with van der Waals surface area (Å²) in [6.45, 7) is 9.17. The number of halogens is 1. The molecule has 28 heavy (non-hydrogen) atoms. The monoisotopic (exact) mass is 500 g/mol. The van der Waals surface area contributed by atoms with Gasteiger partial charge in [-0.05, 0) is 37.8 Å². The first-order valence-corrected chi connectivity index (χ1v) is 10.2. The van der Waals surface area contributed by atoms with Crippen molar-refractivity contribution in [3.05, 3.63) is 23.9 Å². The van der Waals surface area contributed by atoms with E-state index < -0.39 is 0 Å². The average Bonchev–Trinajstić information content (AvgIpc) is 3.38. The summed E-state index contributed by atoms with van der Waals surface area (Å²) in [6.07, 6.45) is 5.98. The van der Waals surface area contributed by atoms with Crippen LogP contribution < -0.4 is 15.5 Å². The summed E-state index contributed by atoms with van der Waals surface area (Å²) < 4.78 is 0. The van der Waals surface area contributed by atoms with E-state index in [-0.39, 0.29) is 35.9 Å². The number of likely N-dealkylation sites (tertiary alicyclic amines) is 1. The molecule has 2 aliphatic heterocycles. The molecule has 0 saturated carbocycles. The van der Waals surface area contributed by atoms with Gasteiger partial charge in [0.05, 0.1) is 6.54 Å². The molecule has 0 spiro atoms. The maximum absolute atomic E-state index is 11.8. The molecule has 2 N–H and O–H groups in total. The number of aromatic nitrogens is 1. The van der Waals surface area contributed by atoms with Gasteiger partial charge < -0.3 is 20.4 Å². The molecule has 2 saturated heterocycles. The van der Waals surface area contributed by atoms with Gasteiger partial charge >= 0.3 is 0 Å². The summed E-state index contributed by atoms with van der Waals surface area (Å²) in [5.74, 6) is 2.10. The van der Waals surface area contributed by atoms with Crippen molar-refractivity contribution in [2.75, 3.05) is 37.6 Å². The van der Waals surface area contributed by atoms with Crippen molar-refractivity contribution in [2.24, 2.45) is 4.99 Å². The van der Waals surface area contributed by atoms with Gasteiger partial charge in [0.25, 0.3) is 0 Å². The van der Waals surface area contributed by atoms with Crippen molar-refractivity contribution in [2.45, 2.75) is 52.1 Å². The molecule has 1 atom stereocenters. The molecule has 2 aliphatic rings. The maximum Gasteiger partial charge on any atom is 0.222 e. The first kappa shape index (κ1) is 22.7. The maximum atomic E-state index is 11.8. The largest absolute Gasteiger partial charge is 0.357 e. The van der Waals surface area contributed by atoms with Crippen LogP contribution in [0.5, 0.6) is 0 Å². The molecule has 1 unspecified atom stereocenters. The van der Waals surface area contributed by atoms with Gasteiger partial charge in [0.15, 0.2) is 5.96 Å². The van der Waals surface area contributed by atoms with Crippen LogP contribution in [0.3, 0.4) is 0 Å². The van der Waals surface area contributed by atoms with Crippen LogP contribution in [0.15, 0.2) is 23.3 Å². The Hall–Kier alpha value is -1.58. The summed E-state index contributed by atoms with van der Waals surface area (Å²) in [4.78, 5) is 25.4. The number of hydrogen-bond acceptors (Lipinski definition) is 4. The van der Waals surface area contributed by atoms with E-state index in [0.29, 0.717) is 13.0 Å². The molecule has 7 nitrogen and oxygen atoms in total. The zero-order chi connectivity index (χ0) is 19.1. The number of rotatable bonds is 6. The molecule has 1 aromatic rings. The summed E-state index contributed by atoms with van der Waals surface area (Å²) in [5, 5.41) is 6.77.